The van der Waals surface area contributed by atoms with Crippen LogP contribution in [-0.4, -0.2) is 9.13 Å². The van der Waals surface area contributed by atoms with E-state index in [0.717, 1.165) is 25.7 Å². The van der Waals surface area contributed by atoms with Crippen LogP contribution in [0.25, 0.3) is 78.0 Å². The van der Waals surface area contributed by atoms with Crippen LogP contribution in [0.1, 0.15) is 52.8 Å². The van der Waals surface area contributed by atoms with Gasteiger partial charge in [-0.2, -0.15) is 0 Å². The molecule has 0 bridgehead atoms. The van der Waals surface area contributed by atoms with Gasteiger partial charge in [0.15, 0.2) is 0 Å². The van der Waals surface area contributed by atoms with Crippen molar-refractivity contribution in [3.63, 3.8) is 0 Å². The molecule has 8 aromatic carbocycles. The molecule has 0 N–H and O–H groups in total. The van der Waals surface area contributed by atoms with Gasteiger partial charge < -0.3 is 9.13 Å². The van der Waals surface area contributed by atoms with E-state index in [0.29, 0.717) is 0 Å². The molecule has 0 amide bonds. The maximum Gasteiger partial charge on any atom is 0.0710 e. The van der Waals surface area contributed by atoms with Crippen LogP contribution in [-0.2, 0) is 11.8 Å². The average Bonchev–Trinajstić information content (AvgIpc) is 3.99. The lowest BCUT2D eigenvalue weighted by Gasteiger charge is -2.35. The summed E-state index contributed by atoms with van der Waals surface area (Å²) in [5.41, 5.74) is 21.6. The smallest absolute Gasteiger partial charge is 0.0710 e. The molecule has 3 aliphatic carbocycles. The molecule has 0 radical (unpaired) electrons. The maximum atomic E-state index is 2.47. The fourth-order valence-corrected chi connectivity index (χ4v) is 11.4. The zero-order chi connectivity index (χ0) is 41.5. The van der Waals surface area contributed by atoms with Crippen molar-refractivity contribution in [3.8, 4) is 33.6 Å². The molecule has 2 nitrogen and oxygen atoms in total. The largest absolute Gasteiger partial charge is 0.313 e. The number of para-hydroxylation sites is 3. The van der Waals surface area contributed by atoms with Gasteiger partial charge in [0.2, 0.25) is 0 Å². The second-order valence-corrected chi connectivity index (χ2v) is 17.4. The highest BCUT2D eigenvalue weighted by molar-refractivity contribution is 6.09. The van der Waals surface area contributed by atoms with Gasteiger partial charge in [-0.25, -0.2) is 0 Å². The van der Waals surface area contributed by atoms with E-state index in [1.54, 1.807) is 0 Å². The molecule has 298 valence electrons. The zero-order valence-electron chi connectivity index (χ0n) is 35.0. The first kappa shape index (κ1) is 36.0. The third-order valence-corrected chi connectivity index (χ3v) is 14.2. The number of rotatable bonds is 6. The van der Waals surface area contributed by atoms with Crippen LogP contribution in [0.5, 0.6) is 0 Å². The molecule has 3 aliphatic rings. The number of fused-ring (bicyclic) bond motifs is 8. The first-order valence-electron chi connectivity index (χ1n) is 22.5. The summed E-state index contributed by atoms with van der Waals surface area (Å²) in [6.45, 7) is 0. The third kappa shape index (κ3) is 5.38. The normalized spacial score (nSPS) is 16.5. The predicted octanol–water partition coefficient (Wildman–Crippen LogP) is 15.5. The molecule has 2 heteroatoms. The van der Waals surface area contributed by atoms with Gasteiger partial charge in [0.05, 0.1) is 22.0 Å². The summed E-state index contributed by atoms with van der Waals surface area (Å²) in [6.07, 6.45) is 13.7. The van der Waals surface area contributed by atoms with Crippen LogP contribution >= 0.6 is 0 Å². The summed E-state index contributed by atoms with van der Waals surface area (Å²) in [7, 11) is 0. The minimum Gasteiger partial charge on any atom is -0.313 e. The molecular weight excluding hydrogens is 761 g/mol. The number of nitrogens with zero attached hydrogens (tertiary/aromatic N) is 2. The second-order valence-electron chi connectivity index (χ2n) is 17.4. The van der Waals surface area contributed by atoms with E-state index in [1.807, 2.05) is 0 Å². The Hall–Kier alpha value is -7.68. The molecule has 2 aromatic heterocycles. The molecule has 63 heavy (non-hydrogen) atoms. The van der Waals surface area contributed by atoms with Gasteiger partial charge in [-0.15, -0.1) is 0 Å². The minimum absolute atomic E-state index is 0.423. The Morgan fingerprint density at radius 3 is 1.44 bits per heavy atom. The Kier molecular flexibility index (Phi) is 8.11. The molecule has 10 aromatic rings. The number of hydrogen-bond donors (Lipinski definition) is 0. The molecule has 0 fully saturated rings. The van der Waals surface area contributed by atoms with Crippen LogP contribution in [0, 0.1) is 0 Å². The van der Waals surface area contributed by atoms with Crippen LogP contribution < -0.4 is 0 Å². The summed E-state index contributed by atoms with van der Waals surface area (Å²) in [6, 6.07) is 72.6. The van der Waals surface area contributed by atoms with Crippen LogP contribution in [0.4, 0.5) is 0 Å². The van der Waals surface area contributed by atoms with E-state index >= 15 is 0 Å². The van der Waals surface area contributed by atoms with E-state index in [-0.39, 0.29) is 0 Å². The first-order valence-corrected chi connectivity index (χ1v) is 22.5. The molecule has 0 saturated carbocycles. The molecule has 1 atom stereocenters. The van der Waals surface area contributed by atoms with Gasteiger partial charge in [0, 0.05) is 38.8 Å². The number of benzene rings is 8. The Balaban J connectivity index is 0.870. The maximum absolute atomic E-state index is 2.47. The Morgan fingerprint density at radius 1 is 0.381 bits per heavy atom. The highest BCUT2D eigenvalue weighted by atomic mass is 15.0. The van der Waals surface area contributed by atoms with Crippen molar-refractivity contribution >= 4 is 44.4 Å². The number of aromatic nitrogens is 2. The fraction of sp³-hybridized carbons (Fsp3) is 0.0820. The van der Waals surface area contributed by atoms with Crippen molar-refractivity contribution in [2.24, 2.45) is 0 Å². The third-order valence-electron chi connectivity index (χ3n) is 14.2. The summed E-state index contributed by atoms with van der Waals surface area (Å²) in [5, 5.41) is 3.89. The highest BCUT2D eigenvalue weighted by Gasteiger charge is 2.47. The average molecular weight is 805 g/mol. The number of allylic oxidation sites excluding steroid dienone is 5. The van der Waals surface area contributed by atoms with Crippen LogP contribution in [0.15, 0.2) is 218 Å². The van der Waals surface area contributed by atoms with Crippen molar-refractivity contribution in [2.75, 3.05) is 0 Å². The molecule has 0 saturated heterocycles. The molecule has 13 rings (SSSR count). The van der Waals surface area contributed by atoms with Crippen molar-refractivity contribution < 1.29 is 0 Å². The van der Waals surface area contributed by atoms with Crippen molar-refractivity contribution in [1.29, 1.82) is 0 Å². The Labute approximate surface area is 368 Å². The van der Waals surface area contributed by atoms with Crippen LogP contribution in [0.2, 0.25) is 0 Å². The summed E-state index contributed by atoms with van der Waals surface area (Å²) in [4.78, 5) is 0. The SMILES string of the molecule is C1=CC2=C(CC1)c1ccccc1C2(c1ccc(-c2ccc(-n3c4c(c5ccccc53)C=CCC4)cc2)cc1)c1ccc(-c2ccc(-n3c4ccccc4c4ccccc43)cc2)cc1. The Morgan fingerprint density at radius 2 is 0.841 bits per heavy atom. The Bertz CT molecular complexity index is 3460. The quantitative estimate of drug-likeness (QED) is 0.158. The van der Waals surface area contributed by atoms with Crippen LogP contribution in [0.3, 0.4) is 0 Å². The van der Waals surface area contributed by atoms with E-state index in [4.69, 9.17) is 0 Å². The summed E-state index contributed by atoms with van der Waals surface area (Å²) in [5.74, 6) is 0. The highest BCUT2D eigenvalue weighted by Crippen LogP contribution is 2.57. The topological polar surface area (TPSA) is 9.86 Å². The van der Waals surface area contributed by atoms with Gasteiger partial charge in [0.25, 0.3) is 0 Å². The van der Waals surface area contributed by atoms with E-state index in [1.165, 1.54) is 111 Å². The standard InChI is InChI=1S/C61H44N2/c1-7-19-55-49(13-1)50-14-2-8-20-56(50)61(55,45-33-25-41(26-34-45)43-29-37-47(38-30-43)62-57-21-9-3-15-51(57)52-16-4-10-22-58(52)62)46-35-27-42(28-36-46)44-31-39-48(40-32-44)63-59-23-11-5-17-53(59)54-18-6-12-24-60(54)63/h1,3-11,13,15-23,25-40H,2,12,14,24H2. The monoisotopic (exact) mass is 804 g/mol. The lowest BCUT2D eigenvalue weighted by molar-refractivity contribution is 0.757. The van der Waals surface area contributed by atoms with E-state index in [2.05, 4.69) is 228 Å². The van der Waals surface area contributed by atoms with E-state index < -0.39 is 5.41 Å². The lowest BCUT2D eigenvalue weighted by Crippen LogP contribution is -2.29. The minimum atomic E-state index is -0.423. The molecular formula is C61H44N2. The number of hydrogen-bond acceptors (Lipinski definition) is 0. The van der Waals surface area contributed by atoms with Gasteiger partial charge in [0.1, 0.15) is 0 Å². The molecule has 1 unspecified atom stereocenters. The molecule has 0 aliphatic heterocycles. The second kappa shape index (κ2) is 14.2. The fourth-order valence-electron chi connectivity index (χ4n) is 11.4. The van der Waals surface area contributed by atoms with Gasteiger partial charge in [-0.05, 0) is 124 Å². The van der Waals surface area contributed by atoms with Crippen molar-refractivity contribution in [3.05, 3.63) is 251 Å². The predicted molar refractivity (Wildman–Crippen MR) is 264 cm³/mol. The van der Waals surface area contributed by atoms with E-state index in [9.17, 15) is 0 Å². The zero-order valence-corrected chi connectivity index (χ0v) is 35.0. The summed E-state index contributed by atoms with van der Waals surface area (Å²) < 4.78 is 4.86. The van der Waals surface area contributed by atoms with Crippen molar-refractivity contribution in [1.82, 2.24) is 9.13 Å². The van der Waals surface area contributed by atoms with Gasteiger partial charge in [-0.1, -0.05) is 176 Å². The molecule has 2 heterocycles. The van der Waals surface area contributed by atoms with Crippen molar-refractivity contribution in [2.45, 2.75) is 31.1 Å². The molecule has 0 spiro atoms. The van der Waals surface area contributed by atoms with Gasteiger partial charge in [-0.3, -0.25) is 0 Å². The lowest BCUT2D eigenvalue weighted by atomic mass is 9.66. The van der Waals surface area contributed by atoms with Gasteiger partial charge >= 0.3 is 0 Å². The summed E-state index contributed by atoms with van der Waals surface area (Å²) >= 11 is 0. The first-order chi connectivity index (χ1) is 31.3.